The van der Waals surface area contributed by atoms with Crippen molar-refractivity contribution >= 4 is 29.1 Å². The van der Waals surface area contributed by atoms with Crippen LogP contribution in [0.5, 0.6) is 11.5 Å². The Hall–Kier alpha value is -3.03. The van der Waals surface area contributed by atoms with Gasteiger partial charge < -0.3 is 24.4 Å². The number of Topliss-reactive ketones (excluding diaryl/α,β-unsaturated/α-hetero) is 1. The number of hydrogen-bond donors (Lipinski definition) is 1. The molecular weight excluding hydrogens is 408 g/mol. The second kappa shape index (κ2) is 8.01. The molecule has 1 N–H and O–H groups in total. The maximum absolute atomic E-state index is 13.0. The maximum atomic E-state index is 13.0. The van der Waals surface area contributed by atoms with Gasteiger partial charge in [-0.05, 0) is 50.0 Å². The number of carbonyl (C=O) groups is 2. The molecule has 7 nitrogen and oxygen atoms in total. The molecule has 2 aromatic carbocycles. The van der Waals surface area contributed by atoms with Gasteiger partial charge in [0.2, 0.25) is 6.79 Å². The van der Waals surface area contributed by atoms with E-state index in [1.165, 1.54) is 4.90 Å². The number of hydrogen-bond acceptors (Lipinski definition) is 6. The zero-order valence-electron chi connectivity index (χ0n) is 16.6. The first-order chi connectivity index (χ1) is 14.4. The third-order valence-electron chi connectivity index (χ3n) is 5.14. The number of aliphatic hydroxyl groups is 1. The summed E-state index contributed by atoms with van der Waals surface area (Å²) in [4.78, 5) is 29.2. The molecule has 0 spiro atoms. The summed E-state index contributed by atoms with van der Waals surface area (Å²) in [5, 5.41) is 11.6. The number of halogens is 1. The lowest BCUT2D eigenvalue weighted by Gasteiger charge is -2.26. The molecule has 30 heavy (non-hydrogen) atoms. The molecule has 1 amide bonds. The lowest BCUT2D eigenvalue weighted by atomic mass is 9.95. The normalized spacial score (nSPS) is 19.7. The van der Waals surface area contributed by atoms with Crippen LogP contribution in [0.3, 0.4) is 0 Å². The first-order valence-corrected chi connectivity index (χ1v) is 9.83. The van der Waals surface area contributed by atoms with Crippen LogP contribution >= 0.6 is 11.6 Å². The Morgan fingerprint density at radius 1 is 1.17 bits per heavy atom. The van der Waals surface area contributed by atoms with Crippen LogP contribution in [0.15, 0.2) is 48.0 Å². The van der Waals surface area contributed by atoms with E-state index in [1.54, 1.807) is 42.5 Å². The minimum Gasteiger partial charge on any atom is -0.507 e. The van der Waals surface area contributed by atoms with E-state index in [0.29, 0.717) is 40.7 Å². The van der Waals surface area contributed by atoms with Crippen LogP contribution in [0.1, 0.15) is 17.2 Å². The summed E-state index contributed by atoms with van der Waals surface area (Å²) < 4.78 is 10.7. The van der Waals surface area contributed by atoms with Gasteiger partial charge in [-0.3, -0.25) is 9.59 Å². The zero-order chi connectivity index (χ0) is 21.4. The monoisotopic (exact) mass is 428 g/mol. The molecule has 1 fully saturated rings. The predicted molar refractivity (Wildman–Crippen MR) is 112 cm³/mol. The van der Waals surface area contributed by atoms with Crippen LogP contribution < -0.4 is 9.47 Å². The average Bonchev–Trinajstić information content (AvgIpc) is 3.28. The van der Waals surface area contributed by atoms with Gasteiger partial charge in [-0.1, -0.05) is 23.7 Å². The molecule has 0 radical (unpaired) electrons. The van der Waals surface area contributed by atoms with E-state index in [4.69, 9.17) is 21.1 Å². The summed E-state index contributed by atoms with van der Waals surface area (Å²) in [6.45, 7) is 0.984. The molecule has 2 aliphatic heterocycles. The van der Waals surface area contributed by atoms with Crippen molar-refractivity contribution in [1.82, 2.24) is 9.80 Å². The van der Waals surface area contributed by atoms with Crippen molar-refractivity contribution in [2.45, 2.75) is 6.04 Å². The highest BCUT2D eigenvalue weighted by atomic mass is 35.5. The highest BCUT2D eigenvalue weighted by Gasteiger charge is 2.46. The Bertz CT molecular complexity index is 1050. The van der Waals surface area contributed by atoms with E-state index in [2.05, 4.69) is 0 Å². The van der Waals surface area contributed by atoms with Crippen molar-refractivity contribution in [3.63, 3.8) is 0 Å². The average molecular weight is 429 g/mol. The molecule has 2 heterocycles. The van der Waals surface area contributed by atoms with Gasteiger partial charge in [0.05, 0.1) is 11.6 Å². The minimum atomic E-state index is -0.742. The fourth-order valence-corrected chi connectivity index (χ4v) is 3.84. The van der Waals surface area contributed by atoms with Crippen molar-refractivity contribution in [1.29, 1.82) is 0 Å². The molecule has 0 aliphatic carbocycles. The number of fused-ring (bicyclic) bond motifs is 1. The smallest absolute Gasteiger partial charge is 0.295 e. The van der Waals surface area contributed by atoms with Crippen molar-refractivity contribution < 1.29 is 24.2 Å². The summed E-state index contributed by atoms with van der Waals surface area (Å²) in [7, 11) is 3.77. The highest BCUT2D eigenvalue weighted by molar-refractivity contribution is 6.46. The number of rotatable bonds is 5. The summed E-state index contributed by atoms with van der Waals surface area (Å²) in [5.74, 6) is -0.605. The van der Waals surface area contributed by atoms with Gasteiger partial charge in [-0.2, -0.15) is 0 Å². The van der Waals surface area contributed by atoms with Gasteiger partial charge in [0.1, 0.15) is 5.76 Å². The number of nitrogens with zero attached hydrogens (tertiary/aromatic N) is 2. The molecule has 8 heteroatoms. The van der Waals surface area contributed by atoms with E-state index in [1.807, 2.05) is 19.0 Å². The number of benzene rings is 2. The van der Waals surface area contributed by atoms with Crippen molar-refractivity contribution in [2.75, 3.05) is 34.0 Å². The third kappa shape index (κ3) is 3.62. The molecule has 1 saturated heterocycles. The van der Waals surface area contributed by atoms with E-state index in [0.717, 1.165) is 0 Å². The molecule has 4 rings (SSSR count). The SMILES string of the molecule is CN(C)CCN1C(=O)C(=O)C(=C(O)c2ccc3c(c2)OCO3)C1c1cccc(Cl)c1. The quantitative estimate of drug-likeness (QED) is 0.448. The first-order valence-electron chi connectivity index (χ1n) is 9.45. The number of aliphatic hydroxyl groups excluding tert-OH is 1. The Morgan fingerprint density at radius 2 is 1.93 bits per heavy atom. The predicted octanol–water partition coefficient (Wildman–Crippen LogP) is 3.05. The zero-order valence-corrected chi connectivity index (χ0v) is 17.3. The molecule has 0 aromatic heterocycles. The van der Waals surface area contributed by atoms with Crippen LogP contribution in [-0.2, 0) is 9.59 Å². The van der Waals surface area contributed by atoms with Gasteiger partial charge >= 0.3 is 0 Å². The van der Waals surface area contributed by atoms with Crippen LogP contribution in [0.25, 0.3) is 5.76 Å². The molecule has 1 atom stereocenters. The third-order valence-corrected chi connectivity index (χ3v) is 5.37. The number of ether oxygens (including phenoxy) is 2. The summed E-state index contributed by atoms with van der Waals surface area (Å²) in [6.07, 6.45) is 0. The van der Waals surface area contributed by atoms with Crippen LogP contribution in [0.4, 0.5) is 0 Å². The van der Waals surface area contributed by atoms with Crippen molar-refractivity contribution in [2.24, 2.45) is 0 Å². The number of likely N-dealkylation sites (tertiary alicyclic amines) is 1. The Labute approximate surface area is 179 Å². The number of ketones is 1. The van der Waals surface area contributed by atoms with Crippen LogP contribution in [0, 0.1) is 0 Å². The van der Waals surface area contributed by atoms with Gasteiger partial charge in [0, 0.05) is 23.7 Å². The second-order valence-corrected chi connectivity index (χ2v) is 7.86. The van der Waals surface area contributed by atoms with Gasteiger partial charge in [0.15, 0.2) is 11.5 Å². The van der Waals surface area contributed by atoms with Crippen LogP contribution in [0.2, 0.25) is 5.02 Å². The fourth-order valence-electron chi connectivity index (χ4n) is 3.64. The number of likely N-dealkylation sites (N-methyl/N-ethyl adjacent to an activating group) is 1. The van der Waals surface area contributed by atoms with Crippen molar-refractivity contribution in [3.8, 4) is 11.5 Å². The Balaban J connectivity index is 1.83. The fraction of sp³-hybridized carbons (Fsp3) is 0.273. The van der Waals surface area contributed by atoms with E-state index < -0.39 is 17.7 Å². The Morgan fingerprint density at radius 3 is 2.67 bits per heavy atom. The summed E-state index contributed by atoms with van der Waals surface area (Å²) >= 11 is 6.17. The van der Waals surface area contributed by atoms with Gasteiger partial charge in [-0.25, -0.2) is 0 Å². The Kier molecular flexibility index (Phi) is 5.40. The highest BCUT2D eigenvalue weighted by Crippen LogP contribution is 2.41. The lowest BCUT2D eigenvalue weighted by molar-refractivity contribution is -0.140. The van der Waals surface area contributed by atoms with Gasteiger partial charge in [-0.15, -0.1) is 0 Å². The van der Waals surface area contributed by atoms with Crippen LogP contribution in [-0.4, -0.2) is 60.6 Å². The molecule has 1 unspecified atom stereocenters. The minimum absolute atomic E-state index is 0.0277. The van der Waals surface area contributed by atoms with E-state index in [9.17, 15) is 14.7 Å². The largest absolute Gasteiger partial charge is 0.507 e. The summed E-state index contributed by atoms with van der Waals surface area (Å²) in [5.41, 5.74) is 1.06. The molecule has 0 bridgehead atoms. The van der Waals surface area contributed by atoms with Crippen molar-refractivity contribution in [3.05, 3.63) is 64.2 Å². The van der Waals surface area contributed by atoms with Gasteiger partial charge in [0.25, 0.3) is 11.7 Å². The molecule has 2 aliphatic rings. The second-order valence-electron chi connectivity index (χ2n) is 7.42. The topological polar surface area (TPSA) is 79.3 Å². The lowest BCUT2D eigenvalue weighted by Crippen LogP contribution is -2.35. The maximum Gasteiger partial charge on any atom is 0.295 e. The molecular formula is C22H21ClN2O5. The molecule has 0 saturated carbocycles. The molecule has 2 aromatic rings. The first kappa shape index (κ1) is 20.3. The number of carbonyl (C=O) groups excluding carboxylic acids is 2. The van der Waals surface area contributed by atoms with E-state index >= 15 is 0 Å². The number of amides is 1. The van der Waals surface area contributed by atoms with E-state index in [-0.39, 0.29) is 18.1 Å². The summed E-state index contributed by atoms with van der Waals surface area (Å²) in [6, 6.07) is 11.1. The molecule has 156 valence electrons. The standard InChI is InChI=1S/C22H21ClN2O5/c1-24(2)8-9-25-19(13-4-3-5-15(23)10-13)18(21(27)22(25)28)20(26)14-6-7-16-17(11-14)30-12-29-16/h3-7,10-11,19,26H,8-9,12H2,1-2H3.